The molecule has 0 aromatic carbocycles. The predicted molar refractivity (Wildman–Crippen MR) is 81.1 cm³/mol. The van der Waals surface area contributed by atoms with E-state index in [-0.39, 0.29) is 11.9 Å². The lowest BCUT2D eigenvalue weighted by molar-refractivity contribution is -0.00465. The number of aromatic amines is 1. The Morgan fingerprint density at radius 2 is 2.22 bits per heavy atom. The number of nitrogens with zero attached hydrogens (tertiary/aromatic N) is 3. The first kappa shape index (κ1) is 14.4. The van der Waals surface area contributed by atoms with Crippen LogP contribution in [0.25, 0.3) is 0 Å². The summed E-state index contributed by atoms with van der Waals surface area (Å²) in [4.78, 5) is 19.1. The van der Waals surface area contributed by atoms with Gasteiger partial charge in [-0.05, 0) is 26.7 Å². The fourth-order valence-electron chi connectivity index (χ4n) is 3.33. The van der Waals surface area contributed by atoms with Gasteiger partial charge in [0.15, 0.2) is 6.39 Å². The van der Waals surface area contributed by atoms with Gasteiger partial charge >= 0.3 is 0 Å². The summed E-state index contributed by atoms with van der Waals surface area (Å²) in [6.07, 6.45) is 3.54. The van der Waals surface area contributed by atoms with Crippen LogP contribution in [0, 0.1) is 13.8 Å². The molecule has 3 heterocycles. The van der Waals surface area contributed by atoms with Crippen LogP contribution in [0.3, 0.4) is 0 Å². The summed E-state index contributed by atoms with van der Waals surface area (Å²) in [7, 11) is 0. The molecule has 1 N–H and O–H groups in total. The lowest BCUT2D eigenvalue weighted by Gasteiger charge is -2.35. The quantitative estimate of drug-likeness (QED) is 0.937. The SMILES string of the molecule is Cc1n[nH]c(C)c1C1COCCN1C(=O)c1ocnc1C1CC1. The fraction of sp³-hybridized carbons (Fsp3) is 0.562. The molecule has 1 saturated heterocycles. The minimum atomic E-state index is -0.146. The Morgan fingerprint density at radius 1 is 1.39 bits per heavy atom. The first-order chi connectivity index (χ1) is 11.2. The molecule has 1 aliphatic carbocycles. The van der Waals surface area contributed by atoms with Gasteiger partial charge in [0.25, 0.3) is 5.91 Å². The van der Waals surface area contributed by atoms with Gasteiger partial charge in [-0.2, -0.15) is 5.10 Å². The van der Waals surface area contributed by atoms with Gasteiger partial charge < -0.3 is 14.1 Å². The zero-order chi connectivity index (χ0) is 16.0. The van der Waals surface area contributed by atoms with Crippen molar-refractivity contribution in [1.29, 1.82) is 0 Å². The maximum Gasteiger partial charge on any atom is 0.292 e. The van der Waals surface area contributed by atoms with Crippen molar-refractivity contribution in [1.82, 2.24) is 20.1 Å². The van der Waals surface area contributed by atoms with E-state index in [2.05, 4.69) is 15.2 Å². The number of hydrogen-bond donors (Lipinski definition) is 1. The molecule has 2 aromatic heterocycles. The molecule has 7 nitrogen and oxygen atoms in total. The molecule has 2 fully saturated rings. The maximum atomic E-state index is 13.0. The highest BCUT2D eigenvalue weighted by Crippen LogP contribution is 2.41. The van der Waals surface area contributed by atoms with Crippen LogP contribution in [-0.2, 0) is 4.74 Å². The van der Waals surface area contributed by atoms with Crippen molar-refractivity contribution in [3.05, 3.63) is 34.8 Å². The summed E-state index contributed by atoms with van der Waals surface area (Å²) in [6, 6.07) is -0.146. The van der Waals surface area contributed by atoms with Gasteiger partial charge in [0.1, 0.15) is 0 Å². The number of carbonyl (C=O) groups excluding carboxylic acids is 1. The molecular formula is C16H20N4O3. The standard InChI is InChI=1S/C16H20N4O3/c1-9-13(10(2)19-18-9)12-7-22-6-5-20(12)16(21)15-14(11-3-4-11)17-8-23-15/h8,11-12H,3-7H2,1-2H3,(H,18,19). The number of nitrogens with one attached hydrogen (secondary N) is 1. The average molecular weight is 316 g/mol. The second kappa shape index (κ2) is 5.49. The van der Waals surface area contributed by atoms with E-state index < -0.39 is 0 Å². The zero-order valence-corrected chi connectivity index (χ0v) is 13.3. The number of ether oxygens (including phenoxy) is 1. The van der Waals surface area contributed by atoms with Crippen LogP contribution in [0.1, 0.15) is 58.0 Å². The van der Waals surface area contributed by atoms with Crippen LogP contribution in [0.4, 0.5) is 0 Å². The summed E-state index contributed by atoms with van der Waals surface area (Å²) in [5.41, 5.74) is 3.71. The Morgan fingerprint density at radius 3 is 2.91 bits per heavy atom. The van der Waals surface area contributed by atoms with Gasteiger partial charge in [0.05, 0.1) is 30.6 Å². The van der Waals surface area contributed by atoms with Crippen LogP contribution in [0.15, 0.2) is 10.8 Å². The van der Waals surface area contributed by atoms with E-state index in [1.807, 2.05) is 18.7 Å². The summed E-state index contributed by atoms with van der Waals surface area (Å²) < 4.78 is 11.1. The molecular weight excluding hydrogens is 296 g/mol. The molecule has 4 rings (SSSR count). The molecule has 0 spiro atoms. The third-order valence-electron chi connectivity index (χ3n) is 4.66. The third-order valence-corrected chi connectivity index (χ3v) is 4.66. The van der Waals surface area contributed by atoms with Gasteiger partial charge in [-0.3, -0.25) is 9.89 Å². The highest BCUT2D eigenvalue weighted by Gasteiger charge is 2.38. The normalized spacial score (nSPS) is 21.7. The van der Waals surface area contributed by atoms with Crippen molar-refractivity contribution in [2.45, 2.75) is 38.6 Å². The lowest BCUT2D eigenvalue weighted by Crippen LogP contribution is -2.44. The zero-order valence-electron chi connectivity index (χ0n) is 13.3. The first-order valence-electron chi connectivity index (χ1n) is 8.00. The molecule has 1 atom stereocenters. The third kappa shape index (κ3) is 2.45. The Bertz CT molecular complexity index is 712. The minimum Gasteiger partial charge on any atom is -0.438 e. The molecule has 2 aromatic rings. The van der Waals surface area contributed by atoms with E-state index >= 15 is 0 Å². The van der Waals surface area contributed by atoms with Gasteiger partial charge in [-0.1, -0.05) is 0 Å². The van der Waals surface area contributed by atoms with E-state index in [4.69, 9.17) is 9.15 Å². The van der Waals surface area contributed by atoms with Crippen LogP contribution in [0.5, 0.6) is 0 Å². The van der Waals surface area contributed by atoms with E-state index in [1.165, 1.54) is 6.39 Å². The Hall–Kier alpha value is -2.15. The summed E-state index contributed by atoms with van der Waals surface area (Å²) in [6.45, 7) is 5.46. The molecule has 1 aliphatic heterocycles. The monoisotopic (exact) mass is 316 g/mol. The second-order valence-electron chi connectivity index (χ2n) is 6.28. The summed E-state index contributed by atoms with van der Waals surface area (Å²) >= 11 is 0. The molecule has 1 unspecified atom stereocenters. The molecule has 0 bridgehead atoms. The van der Waals surface area contributed by atoms with Crippen molar-refractivity contribution in [2.75, 3.05) is 19.8 Å². The molecule has 23 heavy (non-hydrogen) atoms. The van der Waals surface area contributed by atoms with E-state index in [0.29, 0.717) is 31.4 Å². The fourth-order valence-corrected chi connectivity index (χ4v) is 3.33. The van der Waals surface area contributed by atoms with Crippen molar-refractivity contribution in [3.63, 3.8) is 0 Å². The smallest absolute Gasteiger partial charge is 0.292 e. The number of oxazole rings is 1. The second-order valence-corrected chi connectivity index (χ2v) is 6.28. The number of hydrogen-bond acceptors (Lipinski definition) is 5. The van der Waals surface area contributed by atoms with Gasteiger partial charge in [0.2, 0.25) is 5.76 Å². The maximum absolute atomic E-state index is 13.0. The van der Waals surface area contributed by atoms with Crippen LogP contribution < -0.4 is 0 Å². The van der Waals surface area contributed by atoms with Crippen molar-refractivity contribution < 1.29 is 13.9 Å². The van der Waals surface area contributed by atoms with Crippen molar-refractivity contribution in [2.24, 2.45) is 0 Å². The largest absolute Gasteiger partial charge is 0.438 e. The molecule has 7 heteroatoms. The predicted octanol–water partition coefficient (Wildman–Crippen LogP) is 2.11. The van der Waals surface area contributed by atoms with Gasteiger partial charge in [-0.15, -0.1) is 0 Å². The Balaban J connectivity index is 1.67. The summed E-state index contributed by atoms with van der Waals surface area (Å²) in [5, 5.41) is 7.24. The first-order valence-corrected chi connectivity index (χ1v) is 8.00. The van der Waals surface area contributed by atoms with E-state index in [1.54, 1.807) is 0 Å². The van der Waals surface area contributed by atoms with Crippen LogP contribution in [-0.4, -0.2) is 45.7 Å². The topological polar surface area (TPSA) is 84.2 Å². The number of rotatable bonds is 3. The Kier molecular flexibility index (Phi) is 3.45. The van der Waals surface area contributed by atoms with E-state index in [9.17, 15) is 4.79 Å². The number of H-pyrrole nitrogens is 1. The van der Waals surface area contributed by atoms with Gasteiger partial charge in [0, 0.05) is 23.7 Å². The number of aryl methyl sites for hydroxylation is 2. The highest BCUT2D eigenvalue weighted by molar-refractivity contribution is 5.93. The number of aromatic nitrogens is 3. The average Bonchev–Trinajstić information content (AvgIpc) is 3.19. The number of morpholine rings is 1. The van der Waals surface area contributed by atoms with Crippen LogP contribution >= 0.6 is 0 Å². The minimum absolute atomic E-state index is 0.0994. The number of amides is 1. The molecule has 2 aliphatic rings. The van der Waals surface area contributed by atoms with Crippen LogP contribution in [0.2, 0.25) is 0 Å². The molecule has 0 radical (unpaired) electrons. The molecule has 1 amide bonds. The lowest BCUT2D eigenvalue weighted by atomic mass is 10.0. The highest BCUT2D eigenvalue weighted by atomic mass is 16.5. The van der Waals surface area contributed by atoms with Gasteiger partial charge in [-0.25, -0.2) is 4.98 Å². The van der Waals surface area contributed by atoms with Crippen molar-refractivity contribution in [3.8, 4) is 0 Å². The number of carbonyl (C=O) groups is 1. The summed E-state index contributed by atoms with van der Waals surface area (Å²) in [5.74, 6) is 0.667. The van der Waals surface area contributed by atoms with Crippen molar-refractivity contribution >= 4 is 5.91 Å². The molecule has 1 saturated carbocycles. The Labute approximate surface area is 134 Å². The van der Waals surface area contributed by atoms with E-state index in [0.717, 1.165) is 35.5 Å². The molecule has 122 valence electrons.